The van der Waals surface area contributed by atoms with Gasteiger partial charge in [0.05, 0.1) is 6.61 Å². The molecule has 0 bridgehead atoms. The minimum Gasteiger partial charge on any atom is -0.466 e. The number of hydrogen-bond acceptors (Lipinski definition) is 3. The van der Waals surface area contributed by atoms with Crippen molar-refractivity contribution in [1.82, 2.24) is 5.32 Å². The Bertz CT molecular complexity index is 590. The van der Waals surface area contributed by atoms with Gasteiger partial charge in [-0.3, -0.25) is 9.59 Å². The van der Waals surface area contributed by atoms with Crippen molar-refractivity contribution < 1.29 is 14.3 Å². The fourth-order valence-corrected chi connectivity index (χ4v) is 3.50. The molecule has 3 rings (SSSR count). The third-order valence-electron chi connectivity index (χ3n) is 5.97. The molecule has 1 heterocycles. The first kappa shape index (κ1) is 21.5. The van der Waals surface area contributed by atoms with Crippen LogP contribution < -0.4 is 5.32 Å². The Kier molecular flexibility index (Phi) is 8.83. The SMILES string of the molecule is CCc1ccc(CCCCOC(=O)C[C@@H]2CC(C)C2C)cc1.O=C1CCN1. The third kappa shape index (κ3) is 7.36. The lowest BCUT2D eigenvalue weighted by atomic mass is 9.65. The quantitative estimate of drug-likeness (QED) is 0.420. The van der Waals surface area contributed by atoms with Crippen molar-refractivity contribution >= 4 is 11.9 Å². The maximum absolute atomic E-state index is 11.8. The number of carbonyl (C=O) groups excluding carboxylic acids is 2. The Hall–Kier alpha value is -1.84. The smallest absolute Gasteiger partial charge is 0.306 e. The molecule has 1 aliphatic heterocycles. The maximum atomic E-state index is 11.8. The molecule has 1 aliphatic carbocycles. The normalized spacial score (nSPS) is 23.2. The Balaban J connectivity index is 0.000000451. The molecule has 4 heteroatoms. The van der Waals surface area contributed by atoms with Gasteiger partial charge in [-0.1, -0.05) is 45.0 Å². The number of amides is 1. The Morgan fingerprint density at radius 3 is 2.26 bits per heavy atom. The van der Waals surface area contributed by atoms with Crippen LogP contribution in [0.1, 0.15) is 64.0 Å². The van der Waals surface area contributed by atoms with Gasteiger partial charge < -0.3 is 10.1 Å². The predicted octanol–water partition coefficient (Wildman–Crippen LogP) is 4.30. The first-order valence-corrected chi connectivity index (χ1v) is 10.5. The molecule has 1 saturated carbocycles. The summed E-state index contributed by atoms with van der Waals surface area (Å²) in [5.74, 6) is 2.19. The van der Waals surface area contributed by atoms with Crippen LogP contribution in [0, 0.1) is 17.8 Å². The van der Waals surface area contributed by atoms with E-state index < -0.39 is 0 Å². The lowest BCUT2D eigenvalue weighted by Gasteiger charge is -2.40. The Morgan fingerprint density at radius 1 is 1.15 bits per heavy atom. The van der Waals surface area contributed by atoms with Crippen LogP contribution in [-0.4, -0.2) is 25.0 Å². The molecule has 2 fully saturated rings. The van der Waals surface area contributed by atoms with Gasteiger partial charge in [-0.15, -0.1) is 0 Å². The van der Waals surface area contributed by atoms with E-state index in [-0.39, 0.29) is 11.9 Å². The summed E-state index contributed by atoms with van der Waals surface area (Å²) in [6.45, 7) is 8.14. The van der Waals surface area contributed by atoms with Crippen molar-refractivity contribution in [3.63, 3.8) is 0 Å². The van der Waals surface area contributed by atoms with Gasteiger partial charge >= 0.3 is 5.97 Å². The Morgan fingerprint density at radius 2 is 1.78 bits per heavy atom. The van der Waals surface area contributed by atoms with Crippen LogP contribution >= 0.6 is 0 Å². The van der Waals surface area contributed by atoms with Gasteiger partial charge in [-0.05, 0) is 61.0 Å². The largest absolute Gasteiger partial charge is 0.466 e. The molecule has 0 spiro atoms. The molecule has 2 unspecified atom stereocenters. The highest BCUT2D eigenvalue weighted by atomic mass is 16.5. The standard InChI is InChI=1S/C20H30O2.C3H5NO/c1-4-17-8-10-18(11-9-17)7-5-6-12-22-20(21)14-19-13-15(2)16(19)3;5-3-1-2-4-3/h8-11,15-16,19H,4-7,12-14H2,1-3H3;1-2H2,(H,4,5)/t15?,16?,19-;/m0./s1. The number of hydrogen-bond donors (Lipinski definition) is 1. The van der Waals surface area contributed by atoms with E-state index in [0.29, 0.717) is 24.9 Å². The topological polar surface area (TPSA) is 55.4 Å². The monoisotopic (exact) mass is 373 g/mol. The molecule has 1 N–H and O–H groups in total. The number of ether oxygens (including phenoxy) is 1. The summed E-state index contributed by atoms with van der Waals surface area (Å²) < 4.78 is 5.37. The van der Waals surface area contributed by atoms with Gasteiger partial charge in [-0.2, -0.15) is 0 Å². The highest BCUT2D eigenvalue weighted by molar-refractivity contribution is 5.81. The second-order valence-corrected chi connectivity index (χ2v) is 7.98. The Labute approximate surface area is 164 Å². The molecular formula is C23H35NO3. The van der Waals surface area contributed by atoms with Crippen LogP contribution in [0.25, 0.3) is 0 Å². The third-order valence-corrected chi connectivity index (χ3v) is 5.97. The number of esters is 1. The molecule has 2 aliphatic rings. The number of carbonyl (C=O) groups is 2. The highest BCUT2D eigenvalue weighted by Gasteiger charge is 2.35. The van der Waals surface area contributed by atoms with Gasteiger partial charge in [-0.25, -0.2) is 0 Å². The van der Waals surface area contributed by atoms with Crippen LogP contribution in [0.5, 0.6) is 0 Å². The first-order valence-electron chi connectivity index (χ1n) is 10.5. The van der Waals surface area contributed by atoms with Crippen LogP contribution in [-0.2, 0) is 27.2 Å². The van der Waals surface area contributed by atoms with E-state index in [1.54, 1.807) is 0 Å². The maximum Gasteiger partial charge on any atom is 0.306 e. The van der Waals surface area contributed by atoms with E-state index in [1.807, 2.05) is 0 Å². The van der Waals surface area contributed by atoms with Crippen molar-refractivity contribution in [3.05, 3.63) is 35.4 Å². The molecule has 4 nitrogen and oxygen atoms in total. The molecule has 0 radical (unpaired) electrons. The molecule has 1 saturated heterocycles. The molecule has 0 aromatic heterocycles. The summed E-state index contributed by atoms with van der Waals surface area (Å²) in [5.41, 5.74) is 2.76. The van der Waals surface area contributed by atoms with Crippen LogP contribution in [0.15, 0.2) is 24.3 Å². The fraction of sp³-hybridized carbons (Fsp3) is 0.652. The van der Waals surface area contributed by atoms with Crippen molar-refractivity contribution in [1.29, 1.82) is 0 Å². The van der Waals surface area contributed by atoms with E-state index in [2.05, 4.69) is 50.4 Å². The molecule has 27 heavy (non-hydrogen) atoms. The van der Waals surface area contributed by atoms with Crippen molar-refractivity contribution in [2.75, 3.05) is 13.2 Å². The summed E-state index contributed by atoms with van der Waals surface area (Å²) in [5, 5.41) is 2.57. The molecular weight excluding hydrogens is 338 g/mol. The second-order valence-electron chi connectivity index (χ2n) is 7.98. The number of rotatable bonds is 8. The van der Waals surface area contributed by atoms with Crippen molar-refractivity contribution in [2.24, 2.45) is 17.8 Å². The van der Waals surface area contributed by atoms with E-state index >= 15 is 0 Å². The molecule has 3 atom stereocenters. The molecule has 150 valence electrons. The minimum absolute atomic E-state index is 0.00366. The summed E-state index contributed by atoms with van der Waals surface area (Å²) in [4.78, 5) is 21.6. The van der Waals surface area contributed by atoms with Gasteiger partial charge in [0.2, 0.25) is 5.91 Å². The van der Waals surface area contributed by atoms with Gasteiger partial charge in [0, 0.05) is 19.4 Å². The van der Waals surface area contributed by atoms with Crippen molar-refractivity contribution in [2.45, 2.75) is 65.7 Å². The van der Waals surface area contributed by atoms with Crippen molar-refractivity contribution in [3.8, 4) is 0 Å². The van der Waals surface area contributed by atoms with E-state index in [9.17, 15) is 9.59 Å². The summed E-state index contributed by atoms with van der Waals surface area (Å²) in [7, 11) is 0. The zero-order chi connectivity index (χ0) is 19.6. The number of unbranched alkanes of at least 4 members (excludes halogenated alkanes) is 1. The van der Waals surface area contributed by atoms with Crippen LogP contribution in [0.2, 0.25) is 0 Å². The summed E-state index contributed by atoms with van der Waals surface area (Å²) >= 11 is 0. The van der Waals surface area contributed by atoms with E-state index in [0.717, 1.165) is 44.6 Å². The average Bonchev–Trinajstić information content (AvgIpc) is 2.66. The first-order chi connectivity index (χ1) is 13.0. The number of aryl methyl sites for hydroxylation is 2. The molecule has 1 amide bonds. The minimum atomic E-state index is -0.00366. The molecule has 1 aromatic rings. The van der Waals surface area contributed by atoms with E-state index in [1.165, 1.54) is 17.5 Å². The fourth-order valence-electron chi connectivity index (χ4n) is 3.50. The number of nitrogens with one attached hydrogen (secondary N) is 1. The summed E-state index contributed by atoms with van der Waals surface area (Å²) in [6.07, 6.45) is 6.73. The lowest BCUT2D eigenvalue weighted by molar-refractivity contribution is -0.147. The highest BCUT2D eigenvalue weighted by Crippen LogP contribution is 2.41. The number of benzene rings is 1. The van der Waals surface area contributed by atoms with Crippen LogP contribution in [0.3, 0.4) is 0 Å². The second kappa shape index (κ2) is 11.1. The molecule has 1 aromatic carbocycles. The number of β-lactam (4-membered cyclic amide) rings is 1. The average molecular weight is 374 g/mol. The summed E-state index contributed by atoms with van der Waals surface area (Å²) in [6, 6.07) is 8.83. The van der Waals surface area contributed by atoms with E-state index in [4.69, 9.17) is 4.74 Å². The van der Waals surface area contributed by atoms with Gasteiger partial charge in [0.1, 0.15) is 0 Å². The lowest BCUT2D eigenvalue weighted by Crippen LogP contribution is -2.37. The van der Waals surface area contributed by atoms with Gasteiger partial charge in [0.25, 0.3) is 0 Å². The van der Waals surface area contributed by atoms with Crippen LogP contribution in [0.4, 0.5) is 0 Å². The predicted molar refractivity (Wildman–Crippen MR) is 108 cm³/mol. The zero-order valence-electron chi connectivity index (χ0n) is 17.1. The van der Waals surface area contributed by atoms with Gasteiger partial charge in [0.15, 0.2) is 0 Å². The zero-order valence-corrected chi connectivity index (χ0v) is 17.1.